The average Bonchev–Trinajstić information content (AvgIpc) is 3.18. The van der Waals surface area contributed by atoms with E-state index in [9.17, 15) is 13.2 Å². The Bertz CT molecular complexity index is 1150. The number of carbonyl (C=O) groups is 1. The zero-order valence-electron chi connectivity index (χ0n) is 16.9. The number of amides is 1. The number of halogens is 1. The van der Waals surface area contributed by atoms with Crippen molar-refractivity contribution in [1.29, 1.82) is 0 Å². The van der Waals surface area contributed by atoms with Gasteiger partial charge in [0.05, 0.1) is 38.2 Å². The molecule has 0 bridgehead atoms. The molecule has 31 heavy (non-hydrogen) atoms. The van der Waals surface area contributed by atoms with Crippen molar-refractivity contribution in [3.05, 3.63) is 52.5 Å². The predicted octanol–water partition coefficient (Wildman–Crippen LogP) is 3.31. The molecule has 2 fully saturated rings. The minimum Gasteiger partial charge on any atom is -0.493 e. The highest BCUT2D eigenvalue weighted by atomic mass is 79.9. The van der Waals surface area contributed by atoms with Gasteiger partial charge in [0, 0.05) is 15.4 Å². The van der Waals surface area contributed by atoms with Crippen LogP contribution in [0.15, 0.2) is 51.9 Å². The third kappa shape index (κ3) is 4.75. The molecule has 2 aliphatic rings. The topological polar surface area (TPSA) is 85.3 Å². The predicted molar refractivity (Wildman–Crippen MR) is 126 cm³/mol. The van der Waals surface area contributed by atoms with E-state index in [1.54, 1.807) is 32.4 Å². The molecule has 7 nitrogen and oxygen atoms in total. The van der Waals surface area contributed by atoms with Crippen molar-refractivity contribution in [1.82, 2.24) is 0 Å². The molecule has 4 rings (SSSR count). The molecular weight excluding hydrogens is 504 g/mol. The quantitative estimate of drug-likeness (QED) is 0.592. The van der Waals surface area contributed by atoms with E-state index in [2.05, 4.69) is 20.9 Å². The number of benzene rings is 2. The summed E-state index contributed by atoms with van der Waals surface area (Å²) in [6.07, 6.45) is 0.102. The normalized spacial score (nSPS) is 23.1. The standard InChI is InChI=1S/C21H21BrN2O5S2/c1-28-17-7-6-13(8-18(17)29-2)9-20(25)23-21-24(15-5-3-4-14(22)10-15)16-11-31(26,27)12-19(16)30-21/h3-8,10,16,19H,9,11-12H2,1-2H3/t16-,19-/m0/s1. The lowest BCUT2D eigenvalue weighted by molar-refractivity contribution is -0.117. The number of hydrogen-bond acceptors (Lipinski definition) is 6. The first-order chi connectivity index (χ1) is 14.8. The van der Waals surface area contributed by atoms with Gasteiger partial charge in [-0.3, -0.25) is 4.79 Å². The summed E-state index contributed by atoms with van der Waals surface area (Å²) in [6, 6.07) is 12.6. The van der Waals surface area contributed by atoms with E-state index >= 15 is 0 Å². The summed E-state index contributed by atoms with van der Waals surface area (Å²) in [7, 11) is -0.0129. The van der Waals surface area contributed by atoms with E-state index in [-0.39, 0.29) is 35.1 Å². The van der Waals surface area contributed by atoms with Crippen molar-refractivity contribution >= 4 is 54.3 Å². The smallest absolute Gasteiger partial charge is 0.252 e. The second kappa shape index (κ2) is 8.84. The number of methoxy groups -OCH3 is 2. The maximum Gasteiger partial charge on any atom is 0.252 e. The Hall–Kier alpha value is -2.04. The first kappa shape index (κ1) is 22.2. The van der Waals surface area contributed by atoms with Crippen LogP contribution in [0.1, 0.15) is 5.56 Å². The summed E-state index contributed by atoms with van der Waals surface area (Å²) in [5, 5.41) is 0.394. The number of ether oxygens (including phenoxy) is 2. The summed E-state index contributed by atoms with van der Waals surface area (Å²) in [6.45, 7) is 0. The molecule has 0 aliphatic carbocycles. The van der Waals surface area contributed by atoms with Crippen LogP contribution >= 0.6 is 27.7 Å². The van der Waals surface area contributed by atoms with E-state index in [4.69, 9.17) is 9.47 Å². The molecule has 2 saturated heterocycles. The van der Waals surface area contributed by atoms with Gasteiger partial charge < -0.3 is 14.4 Å². The van der Waals surface area contributed by atoms with Gasteiger partial charge in [0.1, 0.15) is 0 Å². The van der Waals surface area contributed by atoms with Crippen molar-refractivity contribution in [2.45, 2.75) is 17.7 Å². The lowest BCUT2D eigenvalue weighted by Crippen LogP contribution is -2.37. The van der Waals surface area contributed by atoms with Gasteiger partial charge in [-0.25, -0.2) is 8.42 Å². The Morgan fingerprint density at radius 2 is 1.94 bits per heavy atom. The van der Waals surface area contributed by atoms with Crippen LogP contribution in [0.3, 0.4) is 0 Å². The molecule has 2 aliphatic heterocycles. The van der Waals surface area contributed by atoms with Crippen LogP contribution in [0.25, 0.3) is 0 Å². The molecule has 1 amide bonds. The van der Waals surface area contributed by atoms with Crippen LogP contribution in [0.5, 0.6) is 11.5 Å². The van der Waals surface area contributed by atoms with Gasteiger partial charge in [-0.05, 0) is 35.9 Å². The fourth-order valence-electron chi connectivity index (χ4n) is 3.80. The van der Waals surface area contributed by atoms with Crippen LogP contribution in [-0.4, -0.2) is 56.5 Å². The molecule has 0 aromatic heterocycles. The number of thioether (sulfide) groups is 1. The van der Waals surface area contributed by atoms with Crippen molar-refractivity contribution in [2.24, 2.45) is 4.99 Å². The highest BCUT2D eigenvalue weighted by molar-refractivity contribution is 9.10. The van der Waals surface area contributed by atoms with Crippen molar-refractivity contribution < 1.29 is 22.7 Å². The van der Waals surface area contributed by atoms with Gasteiger partial charge in [0.15, 0.2) is 26.5 Å². The highest BCUT2D eigenvalue weighted by Crippen LogP contribution is 2.41. The van der Waals surface area contributed by atoms with Crippen molar-refractivity contribution in [3.63, 3.8) is 0 Å². The monoisotopic (exact) mass is 524 g/mol. The number of carbonyl (C=O) groups excluding carboxylic acids is 1. The molecule has 0 saturated carbocycles. The molecule has 10 heteroatoms. The van der Waals surface area contributed by atoms with Gasteiger partial charge >= 0.3 is 0 Å². The minimum absolute atomic E-state index is 0.0556. The third-order valence-corrected chi connectivity index (χ3v) is 8.88. The Balaban J connectivity index is 1.61. The fourth-order valence-corrected chi connectivity index (χ4v) is 8.12. The van der Waals surface area contributed by atoms with Gasteiger partial charge in [-0.15, -0.1) is 0 Å². The maximum absolute atomic E-state index is 12.8. The lowest BCUT2D eigenvalue weighted by Gasteiger charge is -2.24. The number of hydrogen-bond donors (Lipinski definition) is 0. The van der Waals surface area contributed by atoms with E-state index in [0.717, 1.165) is 15.7 Å². The third-order valence-electron chi connectivity index (χ3n) is 5.18. The molecule has 2 heterocycles. The van der Waals surface area contributed by atoms with Crippen LogP contribution in [0.4, 0.5) is 5.69 Å². The Morgan fingerprint density at radius 1 is 1.16 bits per heavy atom. The Labute approximate surface area is 193 Å². The summed E-state index contributed by atoms with van der Waals surface area (Å²) in [4.78, 5) is 19.0. The molecule has 2 aromatic carbocycles. The first-order valence-electron chi connectivity index (χ1n) is 9.54. The van der Waals surface area contributed by atoms with Gasteiger partial charge in [0.25, 0.3) is 5.91 Å². The van der Waals surface area contributed by atoms with E-state index in [1.807, 2.05) is 29.2 Å². The minimum atomic E-state index is -3.11. The van der Waals surface area contributed by atoms with E-state index < -0.39 is 9.84 Å². The molecule has 0 N–H and O–H groups in total. The second-order valence-corrected chi connectivity index (χ2v) is 11.6. The molecule has 2 aromatic rings. The van der Waals surface area contributed by atoms with Crippen molar-refractivity contribution in [2.75, 3.05) is 30.6 Å². The maximum atomic E-state index is 12.8. The van der Waals surface area contributed by atoms with Crippen LogP contribution in [0, 0.1) is 0 Å². The first-order valence-corrected chi connectivity index (χ1v) is 13.0. The van der Waals surface area contributed by atoms with E-state index in [1.165, 1.54) is 11.8 Å². The summed E-state index contributed by atoms with van der Waals surface area (Å²) in [5.74, 6) is 0.977. The van der Waals surface area contributed by atoms with Crippen LogP contribution in [-0.2, 0) is 21.1 Å². The Morgan fingerprint density at radius 3 is 2.65 bits per heavy atom. The largest absolute Gasteiger partial charge is 0.493 e. The molecule has 0 spiro atoms. The van der Waals surface area contributed by atoms with Crippen LogP contribution < -0.4 is 14.4 Å². The van der Waals surface area contributed by atoms with Crippen LogP contribution in [0.2, 0.25) is 0 Å². The Kier molecular flexibility index (Phi) is 6.32. The lowest BCUT2D eigenvalue weighted by atomic mass is 10.1. The molecule has 2 atom stereocenters. The molecule has 164 valence electrons. The number of fused-ring (bicyclic) bond motifs is 1. The second-order valence-electron chi connectivity index (χ2n) is 7.30. The molecule has 0 unspecified atom stereocenters. The number of amidine groups is 1. The summed E-state index contributed by atoms with van der Waals surface area (Å²) >= 11 is 4.82. The van der Waals surface area contributed by atoms with Gasteiger partial charge in [0.2, 0.25) is 0 Å². The fraction of sp³-hybridized carbons (Fsp3) is 0.333. The molecule has 0 radical (unpaired) electrons. The highest BCUT2D eigenvalue weighted by Gasteiger charge is 2.49. The van der Waals surface area contributed by atoms with E-state index in [0.29, 0.717) is 16.7 Å². The van der Waals surface area contributed by atoms with Gasteiger partial charge in [-0.2, -0.15) is 4.99 Å². The number of anilines is 1. The van der Waals surface area contributed by atoms with Gasteiger partial charge in [-0.1, -0.05) is 39.8 Å². The number of sulfone groups is 1. The average molecular weight is 525 g/mol. The zero-order valence-corrected chi connectivity index (χ0v) is 20.2. The molecular formula is C21H21BrN2O5S2. The van der Waals surface area contributed by atoms with Crippen molar-refractivity contribution in [3.8, 4) is 11.5 Å². The summed E-state index contributed by atoms with van der Waals surface area (Å²) < 4.78 is 35.8. The SMILES string of the molecule is COc1ccc(CC(=O)N=C2S[C@H]3CS(=O)(=O)C[C@@H]3N2c2cccc(Br)c2)cc1OC. The number of aliphatic imine (C=N–C) groups is 1. The number of rotatable bonds is 5. The number of nitrogens with zero attached hydrogens (tertiary/aromatic N) is 2. The summed E-state index contributed by atoms with van der Waals surface area (Å²) in [5.41, 5.74) is 1.57. The zero-order chi connectivity index (χ0) is 22.2.